The summed E-state index contributed by atoms with van der Waals surface area (Å²) >= 11 is 0. The molecule has 22 heavy (non-hydrogen) atoms. The second kappa shape index (κ2) is 7.07. The van der Waals surface area contributed by atoms with Gasteiger partial charge in [-0.05, 0) is 36.8 Å². The molecule has 0 fully saturated rings. The van der Waals surface area contributed by atoms with Crippen LogP contribution in [0.1, 0.15) is 42.3 Å². The fraction of sp³-hybridized carbons (Fsp3) is 0.500. The van der Waals surface area contributed by atoms with E-state index in [0.717, 1.165) is 25.3 Å². The summed E-state index contributed by atoms with van der Waals surface area (Å²) < 4.78 is 2.08. The van der Waals surface area contributed by atoms with Gasteiger partial charge in [-0.3, -0.25) is 4.90 Å². The van der Waals surface area contributed by atoms with Crippen LogP contribution < -0.4 is 0 Å². The molecule has 0 radical (unpaired) electrons. The number of aryl methyl sites for hydroxylation is 2. The van der Waals surface area contributed by atoms with E-state index in [2.05, 4.69) is 38.7 Å². The molecular formula is C18H25N3O. The van der Waals surface area contributed by atoms with E-state index in [1.165, 1.54) is 30.4 Å². The molecule has 0 spiro atoms. The van der Waals surface area contributed by atoms with Crippen LogP contribution in [-0.4, -0.2) is 32.7 Å². The third-order valence-electron chi connectivity index (χ3n) is 4.65. The first-order valence-corrected chi connectivity index (χ1v) is 8.18. The lowest BCUT2D eigenvalue weighted by atomic mass is 9.86. The summed E-state index contributed by atoms with van der Waals surface area (Å²) in [4.78, 5) is 6.96. The first-order chi connectivity index (χ1) is 10.8. The number of imidazole rings is 1. The highest BCUT2D eigenvalue weighted by molar-refractivity contribution is 5.32. The molecule has 4 nitrogen and oxygen atoms in total. The molecule has 0 aliphatic heterocycles. The number of benzene rings is 1. The molecule has 0 saturated heterocycles. The van der Waals surface area contributed by atoms with E-state index in [-0.39, 0.29) is 6.61 Å². The lowest BCUT2D eigenvalue weighted by molar-refractivity contribution is 0.147. The van der Waals surface area contributed by atoms with Crippen molar-refractivity contribution in [3.05, 3.63) is 53.6 Å². The number of aromatic nitrogens is 2. The van der Waals surface area contributed by atoms with Crippen LogP contribution in [0.3, 0.4) is 0 Å². The number of rotatable bonds is 6. The van der Waals surface area contributed by atoms with Crippen molar-refractivity contribution in [2.45, 2.75) is 38.3 Å². The average Bonchev–Trinajstić information content (AvgIpc) is 2.96. The van der Waals surface area contributed by atoms with Gasteiger partial charge in [0, 0.05) is 38.6 Å². The second-order valence-electron chi connectivity index (χ2n) is 6.11. The number of aliphatic hydroxyl groups excluding tert-OH is 1. The first-order valence-electron chi connectivity index (χ1n) is 8.18. The van der Waals surface area contributed by atoms with Gasteiger partial charge in [-0.25, -0.2) is 4.98 Å². The monoisotopic (exact) mass is 299 g/mol. The van der Waals surface area contributed by atoms with Gasteiger partial charge in [0.2, 0.25) is 0 Å². The lowest BCUT2D eigenvalue weighted by Crippen LogP contribution is -2.33. The van der Waals surface area contributed by atoms with Crippen LogP contribution in [0.25, 0.3) is 0 Å². The minimum Gasteiger partial charge on any atom is -0.396 e. The van der Waals surface area contributed by atoms with Crippen LogP contribution in [0.5, 0.6) is 0 Å². The van der Waals surface area contributed by atoms with Gasteiger partial charge in [-0.15, -0.1) is 0 Å². The predicted molar refractivity (Wildman–Crippen MR) is 87.4 cm³/mol. The molecule has 2 aromatic rings. The van der Waals surface area contributed by atoms with Gasteiger partial charge >= 0.3 is 0 Å². The zero-order chi connectivity index (χ0) is 15.4. The van der Waals surface area contributed by atoms with Gasteiger partial charge in [-0.1, -0.05) is 24.3 Å². The molecule has 118 valence electrons. The summed E-state index contributed by atoms with van der Waals surface area (Å²) in [6, 6.07) is 9.24. The molecule has 1 atom stereocenters. The highest BCUT2D eigenvalue weighted by Crippen LogP contribution is 2.34. The molecule has 0 bridgehead atoms. The highest BCUT2D eigenvalue weighted by Gasteiger charge is 2.26. The van der Waals surface area contributed by atoms with Crippen molar-refractivity contribution in [1.29, 1.82) is 0 Å². The molecule has 3 rings (SSSR count). The molecule has 0 amide bonds. The maximum atomic E-state index is 9.24. The SMILES string of the molecule is Cn1ccnc1CN(CCCO)C1CCCc2ccccc21. The summed E-state index contributed by atoms with van der Waals surface area (Å²) in [7, 11) is 2.04. The Morgan fingerprint density at radius 1 is 1.36 bits per heavy atom. The average molecular weight is 299 g/mol. The topological polar surface area (TPSA) is 41.3 Å². The zero-order valence-corrected chi connectivity index (χ0v) is 13.3. The summed E-state index contributed by atoms with van der Waals surface area (Å²) in [5.74, 6) is 1.08. The zero-order valence-electron chi connectivity index (χ0n) is 13.3. The maximum Gasteiger partial charge on any atom is 0.122 e. The van der Waals surface area contributed by atoms with Gasteiger partial charge in [0.15, 0.2) is 0 Å². The Morgan fingerprint density at radius 3 is 3.00 bits per heavy atom. The van der Waals surface area contributed by atoms with Crippen molar-refractivity contribution >= 4 is 0 Å². The van der Waals surface area contributed by atoms with Crippen LogP contribution in [0, 0.1) is 0 Å². The maximum absolute atomic E-state index is 9.24. The Labute approximate surface area is 132 Å². The molecule has 4 heteroatoms. The molecule has 1 aromatic heterocycles. The van der Waals surface area contributed by atoms with E-state index in [1.807, 2.05) is 19.4 Å². The van der Waals surface area contributed by atoms with E-state index in [1.54, 1.807) is 0 Å². The van der Waals surface area contributed by atoms with Gasteiger partial charge in [-0.2, -0.15) is 0 Å². The number of nitrogens with zero attached hydrogens (tertiary/aromatic N) is 3. The fourth-order valence-corrected chi connectivity index (χ4v) is 3.46. The summed E-state index contributed by atoms with van der Waals surface area (Å²) in [5.41, 5.74) is 2.94. The van der Waals surface area contributed by atoms with Crippen LogP contribution in [0.2, 0.25) is 0 Å². The molecule has 1 heterocycles. The Balaban J connectivity index is 1.84. The molecule has 1 aromatic carbocycles. The van der Waals surface area contributed by atoms with Crippen molar-refractivity contribution in [2.75, 3.05) is 13.2 Å². The van der Waals surface area contributed by atoms with Crippen molar-refractivity contribution in [2.24, 2.45) is 7.05 Å². The minimum atomic E-state index is 0.242. The van der Waals surface area contributed by atoms with Crippen molar-refractivity contribution < 1.29 is 5.11 Å². The summed E-state index contributed by atoms with van der Waals surface area (Å²) in [6.45, 7) is 1.98. The Morgan fingerprint density at radius 2 is 2.23 bits per heavy atom. The van der Waals surface area contributed by atoms with Crippen molar-refractivity contribution in [1.82, 2.24) is 14.5 Å². The van der Waals surface area contributed by atoms with Crippen LogP contribution in [-0.2, 0) is 20.0 Å². The molecule has 1 aliphatic carbocycles. The molecule has 1 aliphatic rings. The van der Waals surface area contributed by atoms with Crippen molar-refractivity contribution in [3.63, 3.8) is 0 Å². The van der Waals surface area contributed by atoms with E-state index in [0.29, 0.717) is 6.04 Å². The fourth-order valence-electron chi connectivity index (χ4n) is 3.46. The van der Waals surface area contributed by atoms with E-state index in [9.17, 15) is 5.11 Å². The molecular weight excluding hydrogens is 274 g/mol. The Hall–Kier alpha value is -1.65. The van der Waals surface area contributed by atoms with Gasteiger partial charge in [0.1, 0.15) is 5.82 Å². The third kappa shape index (κ3) is 3.23. The first kappa shape index (κ1) is 15.3. The van der Waals surface area contributed by atoms with Gasteiger partial charge in [0.05, 0.1) is 6.54 Å². The van der Waals surface area contributed by atoms with Gasteiger partial charge < -0.3 is 9.67 Å². The normalized spacial score (nSPS) is 17.7. The third-order valence-corrected chi connectivity index (χ3v) is 4.65. The van der Waals surface area contributed by atoms with Crippen LogP contribution in [0.4, 0.5) is 0 Å². The summed E-state index contributed by atoms with van der Waals surface area (Å²) in [6.07, 6.45) is 8.26. The minimum absolute atomic E-state index is 0.242. The van der Waals surface area contributed by atoms with E-state index in [4.69, 9.17) is 0 Å². The van der Waals surface area contributed by atoms with Crippen LogP contribution >= 0.6 is 0 Å². The predicted octanol–water partition coefficient (Wildman–Crippen LogP) is 2.68. The quantitative estimate of drug-likeness (QED) is 0.891. The lowest BCUT2D eigenvalue weighted by Gasteiger charge is -2.35. The second-order valence-corrected chi connectivity index (χ2v) is 6.11. The largest absolute Gasteiger partial charge is 0.396 e. The summed E-state index contributed by atoms with van der Waals surface area (Å²) in [5, 5.41) is 9.24. The molecule has 1 unspecified atom stereocenters. The van der Waals surface area contributed by atoms with Crippen molar-refractivity contribution in [3.8, 4) is 0 Å². The van der Waals surface area contributed by atoms with Crippen LogP contribution in [0.15, 0.2) is 36.7 Å². The number of fused-ring (bicyclic) bond motifs is 1. The molecule has 1 N–H and O–H groups in total. The smallest absolute Gasteiger partial charge is 0.122 e. The van der Waals surface area contributed by atoms with E-state index >= 15 is 0 Å². The number of hydrogen-bond acceptors (Lipinski definition) is 3. The number of hydrogen-bond donors (Lipinski definition) is 1. The van der Waals surface area contributed by atoms with Gasteiger partial charge in [0.25, 0.3) is 0 Å². The van der Waals surface area contributed by atoms with E-state index < -0.39 is 0 Å². The highest BCUT2D eigenvalue weighted by atomic mass is 16.3. The Bertz CT molecular complexity index is 608. The Kier molecular flexibility index (Phi) is 4.90. The molecule has 0 saturated carbocycles. The number of aliphatic hydroxyl groups is 1. The standard InChI is InChI=1S/C18H25N3O/c1-20-12-10-19-18(20)14-21(11-5-13-22)17-9-4-7-15-6-2-3-8-16(15)17/h2-3,6,8,10,12,17,22H,4-5,7,9,11,13-14H2,1H3.